The molecule has 0 amide bonds. The minimum Gasteiger partial charge on any atom is -0.0893 e. The van der Waals surface area contributed by atoms with Crippen LogP contribution < -0.4 is 0 Å². The minimum atomic E-state index is -0.269. The molecule has 0 spiro atoms. The first-order valence-corrected chi connectivity index (χ1v) is 9.15. The Morgan fingerprint density at radius 3 is 1.80 bits per heavy atom. The summed E-state index contributed by atoms with van der Waals surface area (Å²) < 4.78 is 0. The van der Waals surface area contributed by atoms with Crippen LogP contribution in [0.2, 0.25) is 0 Å². The molecule has 1 heteroatoms. The van der Waals surface area contributed by atoms with Gasteiger partial charge in [-0.15, -0.1) is 0 Å². The molecule has 0 saturated carbocycles. The number of benzene rings is 1. The maximum Gasteiger partial charge on any atom is -0.00191 e. The summed E-state index contributed by atoms with van der Waals surface area (Å²) in [6.07, 6.45) is 0. The molecular weight excluding hydrogens is 259 g/mol. The first-order chi connectivity index (χ1) is 9.43. The first-order valence-electron chi connectivity index (χ1n) is 7.73. The topological polar surface area (TPSA) is 0 Å². The highest BCUT2D eigenvalue weighted by molar-refractivity contribution is 7.57. The molecule has 0 aliphatic rings. The molecule has 0 N–H and O–H groups in total. The van der Waals surface area contributed by atoms with Crippen LogP contribution in [-0.4, -0.2) is 0 Å². The van der Waals surface area contributed by atoms with Crippen molar-refractivity contribution in [2.24, 2.45) is 0 Å². The quantitative estimate of drug-likeness (QED) is 0.565. The van der Waals surface area contributed by atoms with Crippen LogP contribution >= 0.6 is 7.53 Å². The maximum absolute atomic E-state index is 2.58. The zero-order valence-corrected chi connectivity index (χ0v) is 14.5. The monoisotopic (exact) mass is 286 g/mol. The summed E-state index contributed by atoms with van der Waals surface area (Å²) in [6, 6.07) is 11.1. The van der Waals surface area contributed by atoms with Crippen molar-refractivity contribution in [3.05, 3.63) is 52.6 Å². The highest BCUT2D eigenvalue weighted by Gasteiger charge is 2.22. The zero-order chi connectivity index (χ0) is 14.9. The van der Waals surface area contributed by atoms with E-state index in [9.17, 15) is 0 Å². The second-order valence-corrected chi connectivity index (χ2v) is 8.55. The smallest absolute Gasteiger partial charge is 0.00191 e. The van der Waals surface area contributed by atoms with Crippen molar-refractivity contribution in [2.75, 3.05) is 0 Å². The molecule has 0 aliphatic heterocycles. The summed E-state index contributed by atoms with van der Waals surface area (Å²) in [5.74, 6) is 4.46. The average molecular weight is 286 g/mol. The molecule has 0 radical (unpaired) electrons. The SMILES string of the molecule is CC(C)c1cp(-c2ccccc2)c(C(C)C)c1C(C)C. The molecule has 2 aromatic rings. The van der Waals surface area contributed by atoms with Gasteiger partial charge in [-0.25, -0.2) is 0 Å². The predicted molar refractivity (Wildman–Crippen MR) is 92.8 cm³/mol. The van der Waals surface area contributed by atoms with Crippen molar-refractivity contribution in [2.45, 2.75) is 59.3 Å². The van der Waals surface area contributed by atoms with E-state index < -0.39 is 0 Å². The Kier molecular flexibility index (Phi) is 4.76. The molecular formula is C19H27P. The van der Waals surface area contributed by atoms with E-state index in [2.05, 4.69) is 77.7 Å². The Balaban J connectivity index is 2.72. The van der Waals surface area contributed by atoms with E-state index in [0.29, 0.717) is 17.8 Å². The lowest BCUT2D eigenvalue weighted by molar-refractivity contribution is 0.767. The van der Waals surface area contributed by atoms with Crippen LogP contribution in [0.3, 0.4) is 0 Å². The van der Waals surface area contributed by atoms with E-state index in [0.717, 1.165) is 0 Å². The normalized spacial score (nSPS) is 12.8. The van der Waals surface area contributed by atoms with E-state index in [-0.39, 0.29) is 7.53 Å². The van der Waals surface area contributed by atoms with Gasteiger partial charge < -0.3 is 0 Å². The van der Waals surface area contributed by atoms with Crippen LogP contribution in [0.4, 0.5) is 0 Å². The van der Waals surface area contributed by atoms with Crippen LogP contribution in [0.1, 0.15) is 75.7 Å². The summed E-state index contributed by atoms with van der Waals surface area (Å²) >= 11 is 0. The van der Waals surface area contributed by atoms with Gasteiger partial charge in [-0.3, -0.25) is 0 Å². The predicted octanol–water partition coefficient (Wildman–Crippen LogP) is 7.03. The second-order valence-electron chi connectivity index (χ2n) is 6.55. The number of hydrogen-bond donors (Lipinski definition) is 0. The molecule has 1 unspecified atom stereocenters. The first kappa shape index (κ1) is 15.4. The lowest BCUT2D eigenvalue weighted by atomic mass is 9.90. The molecule has 1 heterocycles. The van der Waals surface area contributed by atoms with Crippen molar-refractivity contribution >= 4 is 7.53 Å². The van der Waals surface area contributed by atoms with Gasteiger partial charge in [-0.05, 0) is 45.3 Å². The molecule has 0 aliphatic carbocycles. The van der Waals surface area contributed by atoms with E-state index in [1.165, 1.54) is 5.30 Å². The summed E-state index contributed by atoms with van der Waals surface area (Å²) in [7, 11) is -0.269. The fourth-order valence-electron chi connectivity index (χ4n) is 3.04. The van der Waals surface area contributed by atoms with Gasteiger partial charge in [-0.2, -0.15) is 0 Å². The fraction of sp³-hybridized carbons (Fsp3) is 0.474. The Hall–Kier alpha value is -1.00. The van der Waals surface area contributed by atoms with Gasteiger partial charge in [0, 0.05) is 0 Å². The molecule has 0 bridgehead atoms. The van der Waals surface area contributed by atoms with Gasteiger partial charge in [0.1, 0.15) is 0 Å². The Labute approximate surface area is 125 Å². The van der Waals surface area contributed by atoms with Crippen molar-refractivity contribution < 1.29 is 0 Å². The van der Waals surface area contributed by atoms with Gasteiger partial charge in [0.05, 0.1) is 0 Å². The lowest BCUT2D eigenvalue weighted by Gasteiger charge is -2.17. The lowest BCUT2D eigenvalue weighted by Crippen LogP contribution is -1.99. The molecule has 1 aromatic heterocycles. The van der Waals surface area contributed by atoms with Crippen LogP contribution in [0.5, 0.6) is 0 Å². The third-order valence-corrected chi connectivity index (χ3v) is 6.56. The number of rotatable bonds is 4. The van der Waals surface area contributed by atoms with E-state index >= 15 is 0 Å². The van der Waals surface area contributed by atoms with Gasteiger partial charge in [-0.1, -0.05) is 79.4 Å². The van der Waals surface area contributed by atoms with Crippen LogP contribution in [0.15, 0.2) is 36.1 Å². The Morgan fingerprint density at radius 2 is 1.35 bits per heavy atom. The number of hydrogen-bond acceptors (Lipinski definition) is 0. The molecule has 1 aromatic carbocycles. The average Bonchev–Trinajstić information content (AvgIpc) is 2.80. The molecule has 0 fully saturated rings. The Bertz CT molecular complexity index is 559. The van der Waals surface area contributed by atoms with Gasteiger partial charge in [0.25, 0.3) is 0 Å². The van der Waals surface area contributed by atoms with Crippen LogP contribution in [-0.2, 0) is 0 Å². The van der Waals surface area contributed by atoms with E-state index in [1.54, 1.807) is 16.4 Å². The highest BCUT2D eigenvalue weighted by Crippen LogP contribution is 2.53. The summed E-state index contributed by atoms with van der Waals surface area (Å²) in [6.45, 7) is 14.1. The van der Waals surface area contributed by atoms with Crippen molar-refractivity contribution in [3.8, 4) is 5.30 Å². The van der Waals surface area contributed by atoms with Gasteiger partial charge in [0.15, 0.2) is 0 Å². The third kappa shape index (κ3) is 2.86. The molecule has 0 nitrogen and oxygen atoms in total. The van der Waals surface area contributed by atoms with E-state index in [4.69, 9.17) is 0 Å². The minimum absolute atomic E-state index is 0.269. The van der Waals surface area contributed by atoms with E-state index in [1.807, 2.05) is 0 Å². The molecule has 20 heavy (non-hydrogen) atoms. The standard InChI is InChI=1S/C19H27P/c1-13(2)17-12-20(16-10-8-7-9-11-16)19(15(5)6)18(17)14(3)4/h7-15H,1-6H3. The second kappa shape index (κ2) is 6.19. The summed E-state index contributed by atoms with van der Waals surface area (Å²) in [5, 5.41) is 3.20. The molecule has 2 rings (SSSR count). The molecule has 0 saturated heterocycles. The maximum atomic E-state index is 2.58. The van der Waals surface area contributed by atoms with Crippen LogP contribution in [0, 0.1) is 0 Å². The Morgan fingerprint density at radius 1 is 0.750 bits per heavy atom. The molecule has 1 atom stereocenters. The summed E-state index contributed by atoms with van der Waals surface area (Å²) in [5.41, 5.74) is 3.24. The highest BCUT2D eigenvalue weighted by atomic mass is 31.1. The van der Waals surface area contributed by atoms with Crippen LogP contribution in [0.25, 0.3) is 5.30 Å². The van der Waals surface area contributed by atoms with Crippen molar-refractivity contribution in [1.29, 1.82) is 0 Å². The molecule has 108 valence electrons. The van der Waals surface area contributed by atoms with Gasteiger partial charge in [0.2, 0.25) is 0 Å². The summed E-state index contributed by atoms with van der Waals surface area (Å²) in [4.78, 5) is 0. The zero-order valence-electron chi connectivity index (χ0n) is 13.6. The van der Waals surface area contributed by atoms with Gasteiger partial charge >= 0.3 is 0 Å². The van der Waals surface area contributed by atoms with Crippen molar-refractivity contribution in [1.82, 2.24) is 0 Å². The van der Waals surface area contributed by atoms with Crippen molar-refractivity contribution in [3.63, 3.8) is 0 Å². The largest absolute Gasteiger partial charge is 0.0893 e. The third-order valence-electron chi connectivity index (χ3n) is 3.90. The fourth-order valence-corrected chi connectivity index (χ4v) is 6.01.